The van der Waals surface area contributed by atoms with Crippen molar-refractivity contribution >= 4 is 15.8 Å². The van der Waals surface area contributed by atoms with Crippen molar-refractivity contribution < 1.29 is 12.8 Å². The van der Waals surface area contributed by atoms with Crippen molar-refractivity contribution in [3.8, 4) is 0 Å². The summed E-state index contributed by atoms with van der Waals surface area (Å²) in [6.07, 6.45) is 0.581. The lowest BCUT2D eigenvalue weighted by atomic mass is 10.1. The highest BCUT2D eigenvalue weighted by molar-refractivity contribution is 7.91. The van der Waals surface area contributed by atoms with Crippen LogP contribution in [0.25, 0.3) is 0 Å². The maximum absolute atomic E-state index is 13.5. The molecule has 1 saturated heterocycles. The first kappa shape index (κ1) is 18.7. The molecule has 6 nitrogen and oxygen atoms in total. The van der Waals surface area contributed by atoms with Crippen LogP contribution in [0, 0.1) is 5.82 Å². The van der Waals surface area contributed by atoms with Crippen LogP contribution >= 0.6 is 0 Å². The normalized spacial score (nSPS) is 18.3. The van der Waals surface area contributed by atoms with E-state index in [0.717, 1.165) is 6.54 Å². The molecule has 1 fully saturated rings. The van der Waals surface area contributed by atoms with Gasteiger partial charge in [-0.25, -0.2) is 12.8 Å². The van der Waals surface area contributed by atoms with Crippen LogP contribution in [0.2, 0.25) is 0 Å². The summed E-state index contributed by atoms with van der Waals surface area (Å²) in [5, 5.41) is 6.35. The fourth-order valence-corrected chi connectivity index (χ4v) is 3.82. The number of nitrogens with one attached hydrogen (secondary N) is 2. The Hall–Kier alpha value is -1.67. The van der Waals surface area contributed by atoms with Gasteiger partial charge in [-0.1, -0.05) is 18.2 Å². The molecule has 0 radical (unpaired) electrons. The summed E-state index contributed by atoms with van der Waals surface area (Å²) in [5.41, 5.74) is 0.676. The molecule has 0 aliphatic carbocycles. The van der Waals surface area contributed by atoms with Crippen LogP contribution in [0.15, 0.2) is 29.3 Å². The van der Waals surface area contributed by atoms with Crippen LogP contribution in [0.4, 0.5) is 4.39 Å². The molecule has 0 spiro atoms. The van der Waals surface area contributed by atoms with E-state index in [-0.39, 0.29) is 17.3 Å². The molecule has 0 amide bonds. The standard InChI is InChI=1S/C16H25FN4O2S/c1-18-16(19-7-6-14-4-2-3-5-15(14)17)20-8-9-21-10-12-24(22,23)13-11-21/h2-5H,6-13H2,1H3,(H2,18,19,20). The van der Waals surface area contributed by atoms with Gasteiger partial charge in [0.2, 0.25) is 0 Å². The Labute approximate surface area is 143 Å². The number of nitrogens with zero attached hydrogens (tertiary/aromatic N) is 2. The molecule has 24 heavy (non-hydrogen) atoms. The molecule has 1 aliphatic heterocycles. The number of halogens is 1. The van der Waals surface area contributed by atoms with Crippen LogP contribution in [-0.4, -0.2) is 70.6 Å². The molecule has 0 aromatic heterocycles. The minimum Gasteiger partial charge on any atom is -0.356 e. The Morgan fingerprint density at radius 2 is 1.88 bits per heavy atom. The van der Waals surface area contributed by atoms with Crippen molar-refractivity contribution in [3.05, 3.63) is 35.6 Å². The molecular formula is C16H25FN4O2S. The van der Waals surface area contributed by atoms with Gasteiger partial charge in [-0.15, -0.1) is 0 Å². The first-order chi connectivity index (χ1) is 11.5. The third kappa shape index (κ3) is 6.09. The average molecular weight is 356 g/mol. The fraction of sp³-hybridized carbons (Fsp3) is 0.562. The third-order valence-electron chi connectivity index (χ3n) is 4.03. The zero-order chi connectivity index (χ0) is 17.4. The van der Waals surface area contributed by atoms with Crippen LogP contribution in [0.3, 0.4) is 0 Å². The maximum atomic E-state index is 13.5. The van der Waals surface area contributed by atoms with Crippen LogP contribution in [0.5, 0.6) is 0 Å². The third-order valence-corrected chi connectivity index (χ3v) is 5.63. The summed E-state index contributed by atoms with van der Waals surface area (Å²) in [6, 6.07) is 6.74. The number of hydrogen-bond donors (Lipinski definition) is 2. The number of benzene rings is 1. The highest BCUT2D eigenvalue weighted by Crippen LogP contribution is 2.06. The summed E-state index contributed by atoms with van der Waals surface area (Å²) >= 11 is 0. The molecule has 1 aliphatic rings. The van der Waals surface area contributed by atoms with Gasteiger partial charge in [0.1, 0.15) is 5.82 Å². The predicted octanol–water partition coefficient (Wildman–Crippen LogP) is 0.264. The van der Waals surface area contributed by atoms with Crippen LogP contribution in [0.1, 0.15) is 5.56 Å². The molecule has 1 heterocycles. The largest absolute Gasteiger partial charge is 0.356 e. The second kappa shape index (κ2) is 8.98. The number of rotatable bonds is 6. The van der Waals surface area contributed by atoms with E-state index >= 15 is 0 Å². The highest BCUT2D eigenvalue weighted by atomic mass is 32.2. The molecule has 2 N–H and O–H groups in total. The molecule has 1 aromatic carbocycles. The van der Waals surface area contributed by atoms with Gasteiger partial charge in [-0.2, -0.15) is 0 Å². The Morgan fingerprint density at radius 3 is 2.54 bits per heavy atom. The van der Waals surface area contributed by atoms with Gasteiger partial charge in [0.05, 0.1) is 11.5 Å². The number of guanidine groups is 1. The van der Waals surface area contributed by atoms with Gasteiger partial charge in [0.15, 0.2) is 15.8 Å². The van der Waals surface area contributed by atoms with Crippen molar-refractivity contribution in [2.45, 2.75) is 6.42 Å². The van der Waals surface area contributed by atoms with Crippen molar-refractivity contribution in [2.24, 2.45) is 4.99 Å². The Morgan fingerprint density at radius 1 is 1.21 bits per heavy atom. The van der Waals surface area contributed by atoms with Crippen LogP contribution in [-0.2, 0) is 16.3 Å². The molecule has 0 unspecified atom stereocenters. The number of hydrogen-bond acceptors (Lipinski definition) is 4. The average Bonchev–Trinajstić information content (AvgIpc) is 2.56. The van der Waals surface area contributed by atoms with E-state index in [1.165, 1.54) is 6.07 Å². The van der Waals surface area contributed by atoms with Crippen LogP contribution < -0.4 is 10.6 Å². The fourth-order valence-electron chi connectivity index (χ4n) is 2.54. The van der Waals surface area contributed by atoms with E-state index in [0.29, 0.717) is 44.1 Å². The Balaban J connectivity index is 1.65. The van der Waals surface area contributed by atoms with Gasteiger partial charge in [0.25, 0.3) is 0 Å². The molecular weight excluding hydrogens is 331 g/mol. The van der Waals surface area contributed by atoms with E-state index in [9.17, 15) is 12.8 Å². The topological polar surface area (TPSA) is 73.8 Å². The molecule has 2 rings (SSSR count). The van der Waals surface area contributed by atoms with E-state index in [1.54, 1.807) is 19.2 Å². The number of sulfone groups is 1. The summed E-state index contributed by atoms with van der Waals surface area (Å²) < 4.78 is 36.3. The molecule has 8 heteroatoms. The van der Waals surface area contributed by atoms with Crippen molar-refractivity contribution in [1.29, 1.82) is 0 Å². The van der Waals surface area contributed by atoms with E-state index in [2.05, 4.69) is 20.5 Å². The lowest BCUT2D eigenvalue weighted by molar-refractivity contribution is 0.299. The Bertz CT molecular complexity index is 650. The first-order valence-corrected chi connectivity index (χ1v) is 9.93. The molecule has 0 saturated carbocycles. The van der Waals surface area contributed by atoms with Gasteiger partial charge in [-0.3, -0.25) is 9.89 Å². The zero-order valence-corrected chi connectivity index (χ0v) is 14.8. The minimum atomic E-state index is -2.83. The van der Waals surface area contributed by atoms with E-state index in [4.69, 9.17) is 0 Å². The van der Waals surface area contributed by atoms with Gasteiger partial charge >= 0.3 is 0 Å². The van der Waals surface area contributed by atoms with E-state index in [1.807, 2.05) is 6.07 Å². The molecule has 134 valence electrons. The molecule has 0 bridgehead atoms. The maximum Gasteiger partial charge on any atom is 0.191 e. The summed E-state index contributed by atoms with van der Waals surface area (Å²) in [4.78, 5) is 6.26. The SMILES string of the molecule is CN=C(NCCc1ccccc1F)NCCN1CCS(=O)(=O)CC1. The van der Waals surface area contributed by atoms with Crippen molar-refractivity contribution in [2.75, 3.05) is 51.3 Å². The minimum absolute atomic E-state index is 0.192. The van der Waals surface area contributed by atoms with Gasteiger partial charge < -0.3 is 10.6 Å². The summed E-state index contributed by atoms with van der Waals surface area (Å²) in [6.45, 7) is 3.21. The van der Waals surface area contributed by atoms with Crippen molar-refractivity contribution in [1.82, 2.24) is 15.5 Å². The second-order valence-electron chi connectivity index (χ2n) is 5.76. The molecule has 1 aromatic rings. The predicted molar refractivity (Wildman–Crippen MR) is 94.6 cm³/mol. The van der Waals surface area contributed by atoms with Crippen molar-refractivity contribution in [3.63, 3.8) is 0 Å². The lowest BCUT2D eigenvalue weighted by Gasteiger charge is -2.26. The Kier molecular flexibility index (Phi) is 6.99. The van der Waals surface area contributed by atoms with E-state index < -0.39 is 9.84 Å². The molecule has 0 atom stereocenters. The summed E-state index contributed by atoms with van der Waals surface area (Å²) in [7, 11) is -1.15. The number of aliphatic imine (C=N–C) groups is 1. The highest BCUT2D eigenvalue weighted by Gasteiger charge is 2.20. The quantitative estimate of drug-likeness (QED) is 0.565. The second-order valence-corrected chi connectivity index (χ2v) is 8.06. The first-order valence-electron chi connectivity index (χ1n) is 8.11. The van der Waals surface area contributed by atoms with Gasteiger partial charge in [-0.05, 0) is 18.1 Å². The zero-order valence-electron chi connectivity index (χ0n) is 14.0. The van der Waals surface area contributed by atoms with Gasteiger partial charge in [0, 0.05) is 39.8 Å². The summed E-state index contributed by atoms with van der Waals surface area (Å²) in [5.74, 6) is 0.948. The lowest BCUT2D eigenvalue weighted by Crippen LogP contribution is -2.46. The smallest absolute Gasteiger partial charge is 0.191 e. The monoisotopic (exact) mass is 356 g/mol.